The largest absolute Gasteiger partial charge is 0.312 e. The quantitative estimate of drug-likeness (QED) is 0.555. The summed E-state index contributed by atoms with van der Waals surface area (Å²) in [5.41, 5.74) is 1.35. The Morgan fingerprint density at radius 3 is 3.00 bits per heavy atom. The Morgan fingerprint density at radius 2 is 2.56 bits per heavy atom. The number of thioether (sulfide) groups is 1. The van der Waals surface area contributed by atoms with Gasteiger partial charge in [-0.1, -0.05) is 12.2 Å². The van der Waals surface area contributed by atoms with Crippen molar-refractivity contribution in [3.63, 3.8) is 0 Å². The number of piperidine rings is 1. The van der Waals surface area contributed by atoms with Crippen LogP contribution in [-0.4, -0.2) is 24.6 Å². The van der Waals surface area contributed by atoms with Gasteiger partial charge >= 0.3 is 0 Å². The minimum absolute atomic E-state index is 0.770. The average molecular weight is 143 g/mol. The van der Waals surface area contributed by atoms with E-state index in [0.717, 1.165) is 18.3 Å². The Balaban J connectivity index is 2.32. The molecule has 1 rings (SSSR count). The molecule has 0 aromatic carbocycles. The van der Waals surface area contributed by atoms with Crippen molar-refractivity contribution in [2.24, 2.45) is 0 Å². The molecule has 0 saturated carbocycles. The van der Waals surface area contributed by atoms with Gasteiger partial charge in [0.25, 0.3) is 0 Å². The first-order valence-corrected chi connectivity index (χ1v) is 4.52. The lowest BCUT2D eigenvalue weighted by Crippen LogP contribution is -2.32. The smallest absolute Gasteiger partial charge is 0.0207 e. The lowest BCUT2D eigenvalue weighted by molar-refractivity contribution is 0.625. The van der Waals surface area contributed by atoms with E-state index in [1.807, 2.05) is 11.8 Å². The molecule has 1 unspecified atom stereocenters. The number of hydrogen-bond donors (Lipinski definition) is 1. The van der Waals surface area contributed by atoms with E-state index in [-0.39, 0.29) is 0 Å². The summed E-state index contributed by atoms with van der Waals surface area (Å²) in [4.78, 5) is 0. The summed E-state index contributed by atoms with van der Waals surface area (Å²) in [6, 6.07) is 0. The van der Waals surface area contributed by atoms with Gasteiger partial charge in [0.1, 0.15) is 0 Å². The predicted octanol–water partition coefficient (Wildman–Crippen LogP) is 1.27. The SMILES string of the molecule is C=C1CNCC(SC)C1. The van der Waals surface area contributed by atoms with Crippen LogP contribution in [0, 0.1) is 0 Å². The van der Waals surface area contributed by atoms with E-state index in [4.69, 9.17) is 0 Å². The maximum Gasteiger partial charge on any atom is 0.0207 e. The second-order valence-corrected chi connectivity index (χ2v) is 3.58. The van der Waals surface area contributed by atoms with Crippen LogP contribution in [0.2, 0.25) is 0 Å². The molecular formula is C7H13NS. The molecule has 1 heterocycles. The van der Waals surface area contributed by atoms with Crippen molar-refractivity contribution < 1.29 is 0 Å². The zero-order valence-electron chi connectivity index (χ0n) is 5.81. The third kappa shape index (κ3) is 2.03. The molecule has 52 valence electrons. The van der Waals surface area contributed by atoms with Gasteiger partial charge in [-0.05, 0) is 12.7 Å². The maximum absolute atomic E-state index is 3.94. The molecule has 0 amide bonds. The molecule has 0 spiro atoms. The number of hydrogen-bond acceptors (Lipinski definition) is 2. The third-order valence-corrected chi connectivity index (χ3v) is 2.60. The molecule has 1 saturated heterocycles. The summed E-state index contributed by atoms with van der Waals surface area (Å²) in [6.45, 7) is 6.11. The lowest BCUT2D eigenvalue weighted by atomic mass is 10.1. The second kappa shape index (κ2) is 3.28. The van der Waals surface area contributed by atoms with E-state index in [1.54, 1.807) is 0 Å². The van der Waals surface area contributed by atoms with Crippen molar-refractivity contribution in [1.82, 2.24) is 5.32 Å². The Labute approximate surface area is 60.9 Å². The van der Waals surface area contributed by atoms with E-state index in [1.165, 1.54) is 12.0 Å². The highest BCUT2D eigenvalue weighted by atomic mass is 32.2. The highest BCUT2D eigenvalue weighted by Gasteiger charge is 2.12. The van der Waals surface area contributed by atoms with Crippen LogP contribution in [-0.2, 0) is 0 Å². The molecular weight excluding hydrogens is 130 g/mol. The Bertz CT molecular complexity index is 111. The van der Waals surface area contributed by atoms with Crippen LogP contribution in [0.4, 0.5) is 0 Å². The fourth-order valence-corrected chi connectivity index (χ4v) is 1.73. The Morgan fingerprint density at radius 1 is 1.78 bits per heavy atom. The van der Waals surface area contributed by atoms with E-state index in [0.29, 0.717) is 0 Å². The zero-order valence-corrected chi connectivity index (χ0v) is 6.63. The van der Waals surface area contributed by atoms with Crippen LogP contribution < -0.4 is 5.32 Å². The van der Waals surface area contributed by atoms with Gasteiger partial charge in [0.05, 0.1) is 0 Å². The summed E-state index contributed by atoms with van der Waals surface area (Å²) in [7, 11) is 0. The van der Waals surface area contributed by atoms with Crippen molar-refractivity contribution in [2.45, 2.75) is 11.7 Å². The van der Waals surface area contributed by atoms with E-state index >= 15 is 0 Å². The molecule has 1 aliphatic heterocycles. The van der Waals surface area contributed by atoms with E-state index in [2.05, 4.69) is 18.2 Å². The predicted molar refractivity (Wildman–Crippen MR) is 43.9 cm³/mol. The summed E-state index contributed by atoms with van der Waals surface area (Å²) in [6.07, 6.45) is 3.36. The molecule has 0 bridgehead atoms. The third-order valence-electron chi connectivity index (χ3n) is 1.60. The molecule has 9 heavy (non-hydrogen) atoms. The Kier molecular flexibility index (Phi) is 2.61. The van der Waals surface area contributed by atoms with E-state index in [9.17, 15) is 0 Å². The fraction of sp³-hybridized carbons (Fsp3) is 0.714. The van der Waals surface area contributed by atoms with Crippen LogP contribution >= 0.6 is 11.8 Å². The van der Waals surface area contributed by atoms with Crippen LogP contribution in [0.5, 0.6) is 0 Å². The summed E-state index contributed by atoms with van der Waals surface area (Å²) < 4.78 is 0. The van der Waals surface area contributed by atoms with Gasteiger partial charge in [0, 0.05) is 18.3 Å². The first kappa shape index (κ1) is 7.16. The highest BCUT2D eigenvalue weighted by Crippen LogP contribution is 2.17. The molecule has 0 radical (unpaired) electrons. The minimum atomic E-state index is 0.770. The molecule has 0 aromatic rings. The molecule has 1 fully saturated rings. The molecule has 2 heteroatoms. The molecule has 1 aliphatic rings. The zero-order chi connectivity index (χ0) is 6.69. The standard InChI is InChI=1S/C7H13NS/c1-6-3-7(9-2)5-8-4-6/h7-8H,1,3-5H2,2H3. The first-order valence-electron chi connectivity index (χ1n) is 3.23. The minimum Gasteiger partial charge on any atom is -0.312 e. The average Bonchev–Trinajstić information content (AvgIpc) is 1.88. The molecule has 1 nitrogen and oxygen atoms in total. The van der Waals surface area contributed by atoms with Crippen molar-refractivity contribution in [1.29, 1.82) is 0 Å². The van der Waals surface area contributed by atoms with Gasteiger partial charge in [0.15, 0.2) is 0 Å². The Hall–Kier alpha value is 0.0500. The van der Waals surface area contributed by atoms with Crippen molar-refractivity contribution in [3.05, 3.63) is 12.2 Å². The molecule has 1 atom stereocenters. The molecule has 0 aromatic heterocycles. The second-order valence-electron chi connectivity index (χ2n) is 2.44. The summed E-state index contributed by atoms with van der Waals surface area (Å²) in [5.74, 6) is 0. The molecule has 0 aliphatic carbocycles. The number of rotatable bonds is 1. The highest BCUT2D eigenvalue weighted by molar-refractivity contribution is 7.99. The van der Waals surface area contributed by atoms with Gasteiger partial charge in [-0.2, -0.15) is 11.8 Å². The van der Waals surface area contributed by atoms with Gasteiger partial charge in [-0.3, -0.25) is 0 Å². The van der Waals surface area contributed by atoms with Crippen LogP contribution in [0.15, 0.2) is 12.2 Å². The van der Waals surface area contributed by atoms with Crippen molar-refractivity contribution >= 4 is 11.8 Å². The molecule has 1 N–H and O–H groups in total. The van der Waals surface area contributed by atoms with Crippen LogP contribution in [0.25, 0.3) is 0 Å². The maximum atomic E-state index is 3.94. The fourth-order valence-electron chi connectivity index (χ4n) is 1.04. The van der Waals surface area contributed by atoms with Gasteiger partial charge < -0.3 is 5.32 Å². The monoisotopic (exact) mass is 143 g/mol. The van der Waals surface area contributed by atoms with E-state index < -0.39 is 0 Å². The topological polar surface area (TPSA) is 12.0 Å². The van der Waals surface area contributed by atoms with Crippen LogP contribution in [0.1, 0.15) is 6.42 Å². The number of nitrogens with one attached hydrogen (secondary N) is 1. The normalized spacial score (nSPS) is 28.6. The lowest BCUT2D eigenvalue weighted by Gasteiger charge is -2.22. The van der Waals surface area contributed by atoms with Gasteiger partial charge in [-0.25, -0.2) is 0 Å². The van der Waals surface area contributed by atoms with Crippen molar-refractivity contribution in [3.8, 4) is 0 Å². The van der Waals surface area contributed by atoms with Crippen LogP contribution in [0.3, 0.4) is 0 Å². The van der Waals surface area contributed by atoms with Gasteiger partial charge in [0.2, 0.25) is 0 Å². The summed E-state index contributed by atoms with van der Waals surface area (Å²) in [5, 5.41) is 4.08. The first-order chi connectivity index (χ1) is 4.33. The van der Waals surface area contributed by atoms with Crippen molar-refractivity contribution in [2.75, 3.05) is 19.3 Å². The van der Waals surface area contributed by atoms with Gasteiger partial charge in [-0.15, -0.1) is 0 Å². The summed E-state index contributed by atoms with van der Waals surface area (Å²) >= 11 is 1.93.